The van der Waals surface area contributed by atoms with Gasteiger partial charge in [-0.15, -0.1) is 17.9 Å². The molecule has 8 heteroatoms. The maximum absolute atomic E-state index is 13.4. The van der Waals surface area contributed by atoms with Gasteiger partial charge in [0.15, 0.2) is 0 Å². The molecule has 2 aromatic rings. The molecule has 0 saturated heterocycles. The number of carbonyl (C=O) groups is 1. The fourth-order valence-corrected chi connectivity index (χ4v) is 4.87. The number of nitrogens with zero attached hydrogens (tertiary/aromatic N) is 2. The monoisotopic (exact) mass is 490 g/mol. The van der Waals surface area contributed by atoms with Gasteiger partial charge in [0.1, 0.15) is 18.2 Å². The van der Waals surface area contributed by atoms with E-state index < -0.39 is 6.10 Å². The van der Waals surface area contributed by atoms with Crippen LogP contribution < -0.4 is 4.74 Å². The molecule has 1 aliphatic rings. The highest BCUT2D eigenvalue weighted by molar-refractivity contribution is 7.10. The molecule has 186 valence electrons. The number of benzene rings is 1. The normalized spacial score (nSPS) is 16.9. The number of rotatable bonds is 11. The first-order valence-corrected chi connectivity index (χ1v) is 12.4. The average Bonchev–Trinajstić information content (AvgIpc) is 3.26. The molecule has 1 amide bonds. The zero-order valence-corrected chi connectivity index (χ0v) is 21.0. The van der Waals surface area contributed by atoms with Crippen molar-refractivity contribution in [2.75, 3.05) is 39.4 Å². The lowest BCUT2D eigenvalue weighted by molar-refractivity contribution is -0.136. The van der Waals surface area contributed by atoms with Gasteiger partial charge in [0.2, 0.25) is 5.91 Å². The molecule has 0 bridgehead atoms. The molecule has 0 spiro atoms. The summed E-state index contributed by atoms with van der Waals surface area (Å²) in [6.45, 7) is 11.6. The molecule has 34 heavy (non-hydrogen) atoms. The second kappa shape index (κ2) is 11.9. The summed E-state index contributed by atoms with van der Waals surface area (Å²) in [5, 5.41) is 12.5. The van der Waals surface area contributed by atoms with Crippen LogP contribution >= 0.6 is 11.3 Å². The van der Waals surface area contributed by atoms with Crippen molar-refractivity contribution in [1.29, 1.82) is 0 Å². The lowest BCUT2D eigenvalue weighted by Gasteiger charge is -2.37. The van der Waals surface area contributed by atoms with Crippen LogP contribution in [0.25, 0.3) is 0 Å². The molecule has 3 rings (SSSR count). The first kappa shape index (κ1) is 26.3. The summed E-state index contributed by atoms with van der Waals surface area (Å²) in [5.41, 5.74) is 0.754. The van der Waals surface area contributed by atoms with Crippen LogP contribution in [-0.4, -0.2) is 71.9 Å². The number of thiophene rings is 1. The van der Waals surface area contributed by atoms with E-state index in [2.05, 4.69) is 6.58 Å². The van der Waals surface area contributed by atoms with Gasteiger partial charge in [-0.05, 0) is 68.5 Å². The molecule has 1 aromatic carbocycles. The molecular weight excluding hydrogens is 455 g/mol. The summed E-state index contributed by atoms with van der Waals surface area (Å²) < 4.78 is 24.9. The van der Waals surface area contributed by atoms with Gasteiger partial charge in [0.05, 0.1) is 30.9 Å². The van der Waals surface area contributed by atoms with Crippen LogP contribution in [-0.2, 0) is 16.0 Å². The van der Waals surface area contributed by atoms with Crippen molar-refractivity contribution in [3.8, 4) is 5.75 Å². The Morgan fingerprint density at radius 3 is 2.76 bits per heavy atom. The highest BCUT2D eigenvalue weighted by Gasteiger charge is 2.33. The second-order valence-electron chi connectivity index (χ2n) is 9.48. The number of ether oxygens (including phenoxy) is 2. The maximum atomic E-state index is 13.4. The van der Waals surface area contributed by atoms with Crippen LogP contribution in [0.4, 0.5) is 4.39 Å². The summed E-state index contributed by atoms with van der Waals surface area (Å²) >= 11 is 1.69. The van der Waals surface area contributed by atoms with Gasteiger partial charge in [-0.25, -0.2) is 4.39 Å². The Balaban J connectivity index is 1.67. The summed E-state index contributed by atoms with van der Waals surface area (Å²) in [5.74, 6) is 0.209. The van der Waals surface area contributed by atoms with E-state index in [0.717, 1.165) is 12.0 Å². The van der Waals surface area contributed by atoms with Gasteiger partial charge in [0.25, 0.3) is 0 Å². The number of aliphatic hydroxyl groups excluding tert-OH is 1. The zero-order valence-electron chi connectivity index (χ0n) is 20.2. The smallest absolute Gasteiger partial charge is 0.237 e. The summed E-state index contributed by atoms with van der Waals surface area (Å²) in [6, 6.07) is 7.71. The molecule has 2 heterocycles. The van der Waals surface area contributed by atoms with Crippen molar-refractivity contribution >= 4 is 17.2 Å². The van der Waals surface area contributed by atoms with E-state index in [0.29, 0.717) is 25.4 Å². The fourth-order valence-electron chi connectivity index (χ4n) is 3.95. The third kappa shape index (κ3) is 7.63. The molecule has 1 aromatic heterocycles. The quantitative estimate of drug-likeness (QED) is 0.482. The number of hydrogen-bond donors (Lipinski definition) is 1. The Labute approximate surface area is 205 Å². The third-order valence-corrected chi connectivity index (χ3v) is 6.56. The number of hydrogen-bond acceptors (Lipinski definition) is 6. The Hall–Kier alpha value is -2.26. The van der Waals surface area contributed by atoms with Gasteiger partial charge in [-0.1, -0.05) is 6.08 Å². The zero-order chi connectivity index (χ0) is 24.7. The SMILES string of the molecule is C=CCN(CC(=O)N1CCc2sccc2C1COc1ccc(F)cc1)CC(O)COC(C)(C)C. The summed E-state index contributed by atoms with van der Waals surface area (Å²) in [6.07, 6.45) is 1.82. The van der Waals surface area contributed by atoms with Crippen molar-refractivity contribution in [3.63, 3.8) is 0 Å². The molecule has 0 saturated carbocycles. The molecule has 1 aliphatic heterocycles. The number of halogens is 1. The summed E-state index contributed by atoms with van der Waals surface area (Å²) in [7, 11) is 0. The maximum Gasteiger partial charge on any atom is 0.237 e. The fraction of sp³-hybridized carbons (Fsp3) is 0.500. The molecule has 2 atom stereocenters. The Morgan fingerprint density at radius 2 is 2.09 bits per heavy atom. The lowest BCUT2D eigenvalue weighted by atomic mass is 10.0. The van der Waals surface area contributed by atoms with Crippen LogP contribution in [0.3, 0.4) is 0 Å². The molecule has 0 radical (unpaired) electrons. The van der Waals surface area contributed by atoms with Crippen molar-refractivity contribution in [1.82, 2.24) is 9.80 Å². The molecule has 0 fully saturated rings. The first-order valence-electron chi connectivity index (χ1n) is 11.6. The Kier molecular flexibility index (Phi) is 9.24. The van der Waals surface area contributed by atoms with E-state index in [4.69, 9.17) is 9.47 Å². The molecular formula is C26H35FN2O4S. The van der Waals surface area contributed by atoms with Gasteiger partial charge < -0.3 is 19.5 Å². The predicted octanol–water partition coefficient (Wildman–Crippen LogP) is 4.06. The number of amides is 1. The molecule has 1 N–H and O–H groups in total. The van der Waals surface area contributed by atoms with E-state index in [1.807, 2.05) is 42.0 Å². The third-order valence-electron chi connectivity index (χ3n) is 5.56. The molecule has 0 aliphatic carbocycles. The lowest BCUT2D eigenvalue weighted by Crippen LogP contribution is -2.48. The molecule has 2 unspecified atom stereocenters. The summed E-state index contributed by atoms with van der Waals surface area (Å²) in [4.78, 5) is 18.4. The van der Waals surface area contributed by atoms with Crippen LogP contribution in [0.2, 0.25) is 0 Å². The van der Waals surface area contributed by atoms with Gasteiger partial charge >= 0.3 is 0 Å². The Morgan fingerprint density at radius 1 is 1.35 bits per heavy atom. The van der Waals surface area contributed by atoms with E-state index >= 15 is 0 Å². The minimum Gasteiger partial charge on any atom is -0.491 e. The number of aliphatic hydroxyl groups is 1. The Bertz CT molecular complexity index is 941. The van der Waals surface area contributed by atoms with Crippen molar-refractivity contribution in [2.45, 2.75) is 44.9 Å². The minimum atomic E-state index is -0.714. The van der Waals surface area contributed by atoms with E-state index in [9.17, 15) is 14.3 Å². The average molecular weight is 491 g/mol. The van der Waals surface area contributed by atoms with Crippen LogP contribution in [0.1, 0.15) is 37.3 Å². The van der Waals surface area contributed by atoms with Crippen molar-refractivity contribution in [2.24, 2.45) is 0 Å². The highest BCUT2D eigenvalue weighted by atomic mass is 32.1. The highest BCUT2D eigenvalue weighted by Crippen LogP contribution is 2.34. The predicted molar refractivity (Wildman–Crippen MR) is 133 cm³/mol. The minimum absolute atomic E-state index is 0.0321. The number of carbonyl (C=O) groups excluding carboxylic acids is 1. The van der Waals surface area contributed by atoms with Crippen LogP contribution in [0.5, 0.6) is 5.75 Å². The van der Waals surface area contributed by atoms with Crippen molar-refractivity contribution < 1.29 is 23.8 Å². The van der Waals surface area contributed by atoms with Gasteiger partial charge in [0, 0.05) is 24.5 Å². The van der Waals surface area contributed by atoms with Crippen LogP contribution in [0.15, 0.2) is 48.4 Å². The van der Waals surface area contributed by atoms with Gasteiger partial charge in [-0.2, -0.15) is 0 Å². The van der Waals surface area contributed by atoms with Crippen LogP contribution in [0, 0.1) is 5.82 Å². The first-order chi connectivity index (χ1) is 16.2. The molecule has 6 nitrogen and oxygen atoms in total. The van der Waals surface area contributed by atoms with E-state index in [1.165, 1.54) is 17.0 Å². The number of fused-ring (bicyclic) bond motifs is 1. The second-order valence-corrected chi connectivity index (χ2v) is 10.5. The van der Waals surface area contributed by atoms with Crippen molar-refractivity contribution in [3.05, 3.63) is 64.6 Å². The van der Waals surface area contributed by atoms with Gasteiger partial charge in [-0.3, -0.25) is 9.69 Å². The topological polar surface area (TPSA) is 62.2 Å². The standard InChI is InChI=1S/C26H35FN2O4S/c1-5-12-28(15-20(30)17-33-26(2,3)4)16-25(31)29-13-10-24-22(11-14-34-24)23(29)18-32-21-8-6-19(27)7-9-21/h5-9,11,14,20,23,30H,1,10,12-13,15-18H2,2-4H3. The van der Waals surface area contributed by atoms with E-state index in [-0.39, 0.29) is 43.1 Å². The van der Waals surface area contributed by atoms with E-state index in [1.54, 1.807) is 29.5 Å². The largest absolute Gasteiger partial charge is 0.491 e.